The number of hydrogen-bond acceptors (Lipinski definition) is 3. The molecule has 0 aliphatic carbocycles. The second-order valence-electron chi connectivity index (χ2n) is 4.77. The zero-order chi connectivity index (χ0) is 16.8. The van der Waals surface area contributed by atoms with Crippen LogP contribution in [0.25, 0.3) is 16.6 Å². The summed E-state index contributed by atoms with van der Waals surface area (Å²) in [5, 5.41) is 0.148. The Morgan fingerprint density at radius 1 is 1.13 bits per heavy atom. The smallest absolute Gasteiger partial charge is 0.369 e. The average Bonchev–Trinajstić information content (AvgIpc) is 2.47. The van der Waals surface area contributed by atoms with E-state index in [1.54, 1.807) is 12.1 Å². The van der Waals surface area contributed by atoms with E-state index in [-0.39, 0.29) is 27.6 Å². The summed E-state index contributed by atoms with van der Waals surface area (Å²) < 4.78 is 41.1. The van der Waals surface area contributed by atoms with E-state index >= 15 is 0 Å². The molecule has 0 bridgehead atoms. The summed E-state index contributed by atoms with van der Waals surface area (Å²) in [5.74, 6) is -0.327. The van der Waals surface area contributed by atoms with Crippen molar-refractivity contribution in [2.45, 2.75) is 6.18 Å². The van der Waals surface area contributed by atoms with Crippen LogP contribution in [0.1, 0.15) is 5.56 Å². The zero-order valence-electron chi connectivity index (χ0n) is 11.4. The molecule has 2 N–H and O–H groups in total. The lowest BCUT2D eigenvalue weighted by molar-refractivity contribution is -0.136. The Labute approximate surface area is 133 Å². The molecule has 0 saturated carbocycles. The monoisotopic (exact) mass is 339 g/mol. The SMILES string of the molecule is Nc1nc(=O)c(-c2ccccc2Cl)c2c(C(F)(F)F)cccn12. The summed E-state index contributed by atoms with van der Waals surface area (Å²) in [6.45, 7) is 0. The number of pyridine rings is 1. The molecule has 4 nitrogen and oxygen atoms in total. The number of nitrogens with two attached hydrogens (primary N) is 1. The van der Waals surface area contributed by atoms with E-state index in [9.17, 15) is 18.0 Å². The van der Waals surface area contributed by atoms with Crippen molar-refractivity contribution in [3.63, 3.8) is 0 Å². The molecular formula is C15H9ClF3N3O. The molecule has 0 saturated heterocycles. The number of aromatic nitrogens is 2. The van der Waals surface area contributed by atoms with Gasteiger partial charge in [-0.1, -0.05) is 29.8 Å². The van der Waals surface area contributed by atoms with E-state index in [4.69, 9.17) is 17.3 Å². The van der Waals surface area contributed by atoms with Gasteiger partial charge in [0.05, 0.1) is 16.6 Å². The fourth-order valence-electron chi connectivity index (χ4n) is 2.41. The largest absolute Gasteiger partial charge is 0.418 e. The normalized spacial score (nSPS) is 11.8. The Bertz CT molecular complexity index is 966. The molecular weight excluding hydrogens is 331 g/mol. The Morgan fingerprint density at radius 3 is 2.48 bits per heavy atom. The lowest BCUT2D eigenvalue weighted by atomic mass is 10.0. The highest BCUT2D eigenvalue weighted by molar-refractivity contribution is 6.33. The number of benzene rings is 1. The van der Waals surface area contributed by atoms with Gasteiger partial charge in [0.2, 0.25) is 5.95 Å². The maximum Gasteiger partial charge on any atom is 0.418 e. The summed E-state index contributed by atoms with van der Waals surface area (Å²) in [6, 6.07) is 8.21. The molecule has 0 aliphatic heterocycles. The number of alkyl halides is 3. The van der Waals surface area contributed by atoms with Crippen LogP contribution in [0.3, 0.4) is 0 Å². The third kappa shape index (κ3) is 2.53. The molecule has 2 aromatic heterocycles. The molecule has 3 rings (SSSR count). The van der Waals surface area contributed by atoms with Crippen LogP contribution in [-0.2, 0) is 6.18 Å². The minimum atomic E-state index is -4.66. The number of fused-ring (bicyclic) bond motifs is 1. The molecule has 8 heteroatoms. The van der Waals surface area contributed by atoms with Crippen LogP contribution in [0.4, 0.5) is 19.1 Å². The minimum absolute atomic E-state index is 0.148. The second kappa shape index (κ2) is 5.27. The van der Waals surface area contributed by atoms with E-state index in [0.29, 0.717) is 0 Å². The number of nitrogen functional groups attached to an aromatic ring is 1. The van der Waals surface area contributed by atoms with Gasteiger partial charge in [-0.2, -0.15) is 18.2 Å². The summed E-state index contributed by atoms with van der Waals surface area (Å²) in [6.07, 6.45) is -3.35. The van der Waals surface area contributed by atoms with Gasteiger partial charge in [0.1, 0.15) is 0 Å². The fourth-order valence-corrected chi connectivity index (χ4v) is 2.64. The number of halogens is 4. The van der Waals surface area contributed by atoms with Gasteiger partial charge in [-0.3, -0.25) is 9.20 Å². The highest BCUT2D eigenvalue weighted by atomic mass is 35.5. The molecule has 3 aromatic rings. The summed E-state index contributed by atoms with van der Waals surface area (Å²) in [4.78, 5) is 15.9. The van der Waals surface area contributed by atoms with E-state index < -0.39 is 17.3 Å². The van der Waals surface area contributed by atoms with Crippen LogP contribution in [0.5, 0.6) is 0 Å². The predicted octanol–water partition coefficient (Wildman–Crippen LogP) is 3.62. The summed E-state index contributed by atoms with van der Waals surface area (Å²) in [7, 11) is 0. The Hall–Kier alpha value is -2.54. The van der Waals surface area contributed by atoms with Crippen LogP contribution in [0.15, 0.2) is 47.4 Å². The van der Waals surface area contributed by atoms with Gasteiger partial charge in [-0.05, 0) is 18.2 Å². The Kier molecular flexibility index (Phi) is 3.52. The first-order valence-corrected chi connectivity index (χ1v) is 6.81. The lowest BCUT2D eigenvalue weighted by Crippen LogP contribution is -2.20. The van der Waals surface area contributed by atoms with Gasteiger partial charge < -0.3 is 5.73 Å². The van der Waals surface area contributed by atoms with Crippen molar-refractivity contribution in [3.8, 4) is 11.1 Å². The molecule has 2 heterocycles. The Morgan fingerprint density at radius 2 is 1.83 bits per heavy atom. The number of hydrogen-bond donors (Lipinski definition) is 1. The van der Waals surface area contributed by atoms with Crippen LogP contribution in [0.2, 0.25) is 5.02 Å². The van der Waals surface area contributed by atoms with Crippen molar-refractivity contribution in [1.29, 1.82) is 0 Å². The van der Waals surface area contributed by atoms with E-state index in [2.05, 4.69) is 4.98 Å². The average molecular weight is 340 g/mol. The van der Waals surface area contributed by atoms with Gasteiger partial charge in [-0.15, -0.1) is 0 Å². The molecule has 0 unspecified atom stereocenters. The van der Waals surface area contributed by atoms with Gasteiger partial charge in [-0.25, -0.2) is 0 Å². The van der Waals surface area contributed by atoms with E-state index in [1.165, 1.54) is 24.4 Å². The van der Waals surface area contributed by atoms with Gasteiger partial charge in [0.25, 0.3) is 5.56 Å². The van der Waals surface area contributed by atoms with Crippen LogP contribution in [0, 0.1) is 0 Å². The first-order valence-electron chi connectivity index (χ1n) is 6.43. The molecule has 0 atom stereocenters. The molecule has 0 radical (unpaired) electrons. The van der Waals surface area contributed by atoms with Crippen molar-refractivity contribution >= 4 is 23.1 Å². The van der Waals surface area contributed by atoms with Crippen molar-refractivity contribution in [1.82, 2.24) is 9.38 Å². The summed E-state index contributed by atoms with van der Waals surface area (Å²) in [5.41, 5.74) is 3.31. The standard InChI is InChI=1S/C15H9ClF3N3O/c16-10-6-2-1-4-8(10)11-12-9(15(17,18)19)5-3-7-22(12)14(20)21-13(11)23/h1-7H,(H2,20,21,23). The van der Waals surface area contributed by atoms with Crippen molar-refractivity contribution in [2.24, 2.45) is 0 Å². The van der Waals surface area contributed by atoms with Crippen LogP contribution >= 0.6 is 11.6 Å². The topological polar surface area (TPSA) is 60.4 Å². The highest BCUT2D eigenvalue weighted by Gasteiger charge is 2.35. The zero-order valence-corrected chi connectivity index (χ0v) is 12.2. The minimum Gasteiger partial charge on any atom is -0.369 e. The van der Waals surface area contributed by atoms with E-state index in [1.807, 2.05) is 0 Å². The quantitative estimate of drug-likeness (QED) is 0.736. The number of rotatable bonds is 1. The van der Waals surface area contributed by atoms with Gasteiger partial charge >= 0.3 is 6.18 Å². The van der Waals surface area contributed by atoms with Crippen molar-refractivity contribution in [2.75, 3.05) is 5.73 Å². The van der Waals surface area contributed by atoms with E-state index in [0.717, 1.165) is 10.5 Å². The number of nitrogens with zero attached hydrogens (tertiary/aromatic N) is 2. The molecule has 23 heavy (non-hydrogen) atoms. The molecule has 0 amide bonds. The third-order valence-corrected chi connectivity index (χ3v) is 3.69. The molecule has 0 fully saturated rings. The first kappa shape index (κ1) is 15.4. The first-order chi connectivity index (χ1) is 10.8. The molecule has 0 aliphatic rings. The predicted molar refractivity (Wildman–Crippen MR) is 81.3 cm³/mol. The maximum atomic E-state index is 13.4. The molecule has 1 aromatic carbocycles. The van der Waals surface area contributed by atoms with Gasteiger partial charge in [0.15, 0.2) is 0 Å². The Balaban J connectivity index is 2.57. The fraction of sp³-hybridized carbons (Fsp3) is 0.0667. The molecule has 0 spiro atoms. The second-order valence-corrected chi connectivity index (χ2v) is 5.18. The van der Waals surface area contributed by atoms with Crippen molar-refractivity contribution in [3.05, 3.63) is 63.5 Å². The lowest BCUT2D eigenvalue weighted by Gasteiger charge is -2.16. The van der Waals surface area contributed by atoms with Crippen LogP contribution < -0.4 is 11.3 Å². The number of anilines is 1. The third-order valence-electron chi connectivity index (χ3n) is 3.36. The van der Waals surface area contributed by atoms with Crippen LogP contribution in [-0.4, -0.2) is 9.38 Å². The summed E-state index contributed by atoms with van der Waals surface area (Å²) >= 11 is 6.05. The van der Waals surface area contributed by atoms with Gasteiger partial charge in [0, 0.05) is 16.8 Å². The maximum absolute atomic E-state index is 13.4. The highest BCUT2D eigenvalue weighted by Crippen LogP contribution is 2.37. The van der Waals surface area contributed by atoms with Crippen molar-refractivity contribution < 1.29 is 13.2 Å². The molecule has 118 valence electrons.